The number of pyridine rings is 1. The maximum absolute atomic E-state index is 13.8. The van der Waals surface area contributed by atoms with Gasteiger partial charge in [-0.25, -0.2) is 9.67 Å². The maximum Gasteiger partial charge on any atom is 0.434 e. The van der Waals surface area contributed by atoms with Crippen LogP contribution in [0, 0.1) is 0 Å². The van der Waals surface area contributed by atoms with Gasteiger partial charge in [-0.1, -0.05) is 12.1 Å². The number of halogens is 6. The Morgan fingerprint density at radius 3 is 2.48 bits per heavy atom. The molecule has 0 spiro atoms. The van der Waals surface area contributed by atoms with Crippen molar-refractivity contribution < 1.29 is 31.1 Å². The molecule has 3 heterocycles. The Balaban J connectivity index is 1.56. The van der Waals surface area contributed by atoms with Crippen LogP contribution in [0.4, 0.5) is 26.3 Å². The smallest absolute Gasteiger partial charge is 0.352 e. The van der Waals surface area contributed by atoms with Gasteiger partial charge in [-0.3, -0.25) is 4.79 Å². The molecule has 0 saturated carbocycles. The van der Waals surface area contributed by atoms with Gasteiger partial charge < -0.3 is 9.72 Å². The molecule has 0 aliphatic heterocycles. The molecule has 0 fully saturated rings. The minimum Gasteiger partial charge on any atom is -0.352 e. The molecule has 4 aromatic rings. The monoisotopic (exact) mass is 467 g/mol. The van der Waals surface area contributed by atoms with E-state index in [1.807, 2.05) is 0 Å². The van der Waals surface area contributed by atoms with Gasteiger partial charge in [-0.05, 0) is 30.3 Å². The van der Waals surface area contributed by atoms with Gasteiger partial charge in [0.05, 0.1) is 28.7 Å². The van der Waals surface area contributed by atoms with Crippen molar-refractivity contribution in [3.63, 3.8) is 0 Å². The normalized spacial score (nSPS) is 12.3. The molecule has 3 aromatic heterocycles. The molecule has 12 heteroatoms. The number of rotatable bonds is 5. The summed E-state index contributed by atoms with van der Waals surface area (Å²) in [7, 11) is 0. The highest BCUT2D eigenvalue weighted by molar-refractivity contribution is 5.95. The van der Waals surface area contributed by atoms with Gasteiger partial charge >= 0.3 is 12.4 Å². The summed E-state index contributed by atoms with van der Waals surface area (Å²) < 4.78 is 82.2. The van der Waals surface area contributed by atoms with Crippen molar-refractivity contribution in [2.75, 3.05) is 6.54 Å². The zero-order chi connectivity index (χ0) is 23.8. The van der Waals surface area contributed by atoms with Gasteiger partial charge in [-0.2, -0.15) is 31.4 Å². The lowest BCUT2D eigenvalue weighted by Gasteiger charge is -2.14. The molecule has 4 rings (SSSR count). The van der Waals surface area contributed by atoms with Crippen LogP contribution in [0.25, 0.3) is 11.3 Å². The fraction of sp³-hybridized carbons (Fsp3) is 0.190. The van der Waals surface area contributed by atoms with Crippen LogP contribution >= 0.6 is 0 Å². The van der Waals surface area contributed by atoms with Gasteiger partial charge in [0.15, 0.2) is 5.69 Å². The van der Waals surface area contributed by atoms with Crippen molar-refractivity contribution >= 4 is 11.6 Å². The maximum atomic E-state index is 13.8. The van der Waals surface area contributed by atoms with Gasteiger partial charge in [0.2, 0.25) is 0 Å². The number of fused-ring (bicyclic) bond motifs is 1. The number of alkyl halides is 6. The standard InChI is InChI=1S/C21H15F6N5O/c22-20(23,24)13-4-3-5-15(10-13)32-18(21(25,26)27)16(11-29-32)19(33)28-8-7-14-12-31-9-2-1-6-17(31)30-14/h1-6,9-12H,7-8H2,(H,28,33). The predicted octanol–water partition coefficient (Wildman–Crippen LogP) is 4.53. The number of hydrogen-bond acceptors (Lipinski definition) is 3. The number of aromatic nitrogens is 4. The highest BCUT2D eigenvalue weighted by Gasteiger charge is 2.41. The Labute approximate surface area is 182 Å². The van der Waals surface area contributed by atoms with E-state index >= 15 is 0 Å². The van der Waals surface area contributed by atoms with Crippen LogP contribution in [0.2, 0.25) is 0 Å². The molecular formula is C21H15F6N5O. The second-order valence-electron chi connectivity index (χ2n) is 7.07. The van der Waals surface area contributed by atoms with E-state index in [1.54, 1.807) is 35.0 Å². The van der Waals surface area contributed by atoms with E-state index in [9.17, 15) is 31.1 Å². The topological polar surface area (TPSA) is 64.2 Å². The summed E-state index contributed by atoms with van der Waals surface area (Å²) in [6, 6.07) is 8.66. The number of nitrogens with one attached hydrogen (secondary N) is 1. The first kappa shape index (κ1) is 22.4. The number of amides is 1. The minimum atomic E-state index is -5.04. The molecule has 33 heavy (non-hydrogen) atoms. The molecule has 0 aliphatic carbocycles. The third-order valence-electron chi connectivity index (χ3n) is 4.78. The van der Waals surface area contributed by atoms with E-state index in [0.717, 1.165) is 18.2 Å². The first-order valence-electron chi connectivity index (χ1n) is 9.58. The summed E-state index contributed by atoms with van der Waals surface area (Å²) in [5, 5.41) is 5.93. The first-order valence-corrected chi connectivity index (χ1v) is 9.58. The fourth-order valence-corrected chi connectivity index (χ4v) is 3.30. The third-order valence-corrected chi connectivity index (χ3v) is 4.78. The molecule has 0 unspecified atom stereocenters. The summed E-state index contributed by atoms with van der Waals surface area (Å²) in [4.78, 5) is 16.8. The summed E-state index contributed by atoms with van der Waals surface area (Å²) in [5.41, 5.74) is -2.57. The third kappa shape index (κ3) is 4.69. The molecule has 0 bridgehead atoms. The van der Waals surface area contributed by atoms with E-state index in [0.29, 0.717) is 23.6 Å². The summed E-state index contributed by atoms with van der Waals surface area (Å²) >= 11 is 0. The lowest BCUT2D eigenvalue weighted by molar-refractivity contribution is -0.143. The first-order chi connectivity index (χ1) is 15.5. The van der Waals surface area contributed by atoms with Crippen molar-refractivity contribution in [3.8, 4) is 5.69 Å². The second-order valence-corrected chi connectivity index (χ2v) is 7.07. The number of carbonyl (C=O) groups is 1. The van der Waals surface area contributed by atoms with Crippen LogP contribution in [0.15, 0.2) is 61.1 Å². The highest BCUT2D eigenvalue weighted by atomic mass is 19.4. The number of benzene rings is 1. The van der Waals surface area contributed by atoms with Crippen LogP contribution in [-0.2, 0) is 18.8 Å². The Morgan fingerprint density at radius 2 is 1.79 bits per heavy atom. The lowest BCUT2D eigenvalue weighted by Crippen LogP contribution is -2.28. The Kier molecular flexibility index (Phi) is 5.60. The van der Waals surface area contributed by atoms with Crippen LogP contribution in [0.3, 0.4) is 0 Å². The zero-order valence-corrected chi connectivity index (χ0v) is 16.7. The predicted molar refractivity (Wildman–Crippen MR) is 105 cm³/mol. The van der Waals surface area contributed by atoms with Gasteiger partial charge in [-0.15, -0.1) is 0 Å². The number of imidazole rings is 1. The average molecular weight is 467 g/mol. The summed E-state index contributed by atoms with van der Waals surface area (Å²) in [5.74, 6) is -1.05. The van der Waals surface area contributed by atoms with Crippen molar-refractivity contribution in [3.05, 3.63) is 83.6 Å². The Morgan fingerprint density at radius 1 is 1.00 bits per heavy atom. The zero-order valence-electron chi connectivity index (χ0n) is 16.7. The molecule has 0 aliphatic rings. The molecule has 1 N–H and O–H groups in total. The van der Waals surface area contributed by atoms with E-state index < -0.39 is 40.8 Å². The summed E-state index contributed by atoms with van der Waals surface area (Å²) in [6.45, 7) is -0.00521. The molecular weight excluding hydrogens is 452 g/mol. The number of carbonyl (C=O) groups excluding carboxylic acids is 1. The highest BCUT2D eigenvalue weighted by Crippen LogP contribution is 2.35. The van der Waals surface area contributed by atoms with Gasteiger partial charge in [0.25, 0.3) is 5.91 Å². The molecule has 0 atom stereocenters. The van der Waals surface area contributed by atoms with Crippen molar-refractivity contribution in [2.24, 2.45) is 0 Å². The van der Waals surface area contributed by atoms with E-state index in [4.69, 9.17) is 0 Å². The van der Waals surface area contributed by atoms with E-state index in [-0.39, 0.29) is 17.6 Å². The van der Waals surface area contributed by atoms with Crippen LogP contribution in [0.1, 0.15) is 27.3 Å². The van der Waals surface area contributed by atoms with Crippen LogP contribution in [-0.4, -0.2) is 31.6 Å². The average Bonchev–Trinajstić information content (AvgIpc) is 3.37. The largest absolute Gasteiger partial charge is 0.434 e. The molecule has 1 amide bonds. The van der Waals surface area contributed by atoms with E-state index in [2.05, 4.69) is 15.4 Å². The molecule has 0 saturated heterocycles. The van der Waals surface area contributed by atoms with Crippen molar-refractivity contribution in [1.29, 1.82) is 0 Å². The minimum absolute atomic E-state index is 0.00521. The molecule has 1 aromatic carbocycles. The summed E-state index contributed by atoms with van der Waals surface area (Å²) in [6.07, 6.45) is -5.34. The second kappa shape index (κ2) is 8.26. The molecule has 172 valence electrons. The molecule has 6 nitrogen and oxygen atoms in total. The lowest BCUT2D eigenvalue weighted by atomic mass is 10.1. The van der Waals surface area contributed by atoms with Gasteiger partial charge in [0.1, 0.15) is 5.65 Å². The SMILES string of the molecule is O=C(NCCc1cn2ccccc2n1)c1cnn(-c2cccc(C(F)(F)F)c2)c1C(F)(F)F. The number of nitrogens with zero attached hydrogens (tertiary/aromatic N) is 4. The van der Waals surface area contributed by atoms with Crippen LogP contribution < -0.4 is 5.32 Å². The van der Waals surface area contributed by atoms with Crippen molar-refractivity contribution in [1.82, 2.24) is 24.5 Å². The fourth-order valence-electron chi connectivity index (χ4n) is 3.30. The van der Waals surface area contributed by atoms with Gasteiger partial charge in [0, 0.05) is 25.4 Å². The quantitative estimate of drug-likeness (QED) is 0.439. The van der Waals surface area contributed by atoms with Crippen molar-refractivity contribution in [2.45, 2.75) is 18.8 Å². The Hall–Kier alpha value is -3.83. The van der Waals surface area contributed by atoms with Crippen LogP contribution in [0.5, 0.6) is 0 Å². The Bertz CT molecular complexity index is 1270. The van der Waals surface area contributed by atoms with E-state index in [1.165, 1.54) is 0 Å². The molecule has 0 radical (unpaired) electrons. The number of hydrogen-bond donors (Lipinski definition) is 1.